The molecule has 180 valence electrons. The van der Waals surface area contributed by atoms with Crippen LogP contribution in [0.5, 0.6) is 0 Å². The van der Waals surface area contributed by atoms with Crippen molar-refractivity contribution in [3.05, 3.63) is 84.0 Å². The van der Waals surface area contributed by atoms with Gasteiger partial charge in [-0.1, -0.05) is 92.6 Å². The summed E-state index contributed by atoms with van der Waals surface area (Å²) in [4.78, 5) is 13.6. The summed E-state index contributed by atoms with van der Waals surface area (Å²) in [6.07, 6.45) is 15.4. The highest BCUT2D eigenvalue weighted by molar-refractivity contribution is 5.79. The van der Waals surface area contributed by atoms with Crippen LogP contribution in [0.2, 0.25) is 0 Å². The summed E-state index contributed by atoms with van der Waals surface area (Å²) in [5, 5.41) is 0. The van der Waals surface area contributed by atoms with E-state index >= 15 is 0 Å². The van der Waals surface area contributed by atoms with Crippen LogP contribution in [0, 0.1) is 23.7 Å². The van der Waals surface area contributed by atoms with Crippen molar-refractivity contribution in [3.8, 4) is 11.1 Å². The first-order valence-electron chi connectivity index (χ1n) is 13.2. The summed E-state index contributed by atoms with van der Waals surface area (Å²) in [6.45, 7) is 6.93. The Balaban J connectivity index is 1.52. The lowest BCUT2D eigenvalue weighted by molar-refractivity contribution is -0.152. The zero-order valence-corrected chi connectivity index (χ0v) is 21.1. The summed E-state index contributed by atoms with van der Waals surface area (Å²) >= 11 is 0. The van der Waals surface area contributed by atoms with Crippen LogP contribution in [-0.4, -0.2) is 12.6 Å². The van der Waals surface area contributed by atoms with Crippen LogP contribution in [0.15, 0.2) is 72.8 Å². The average molecular weight is 457 g/mol. The molecule has 0 aliphatic heterocycles. The molecule has 34 heavy (non-hydrogen) atoms. The Hall–Kier alpha value is -2.61. The maximum Gasteiger partial charge on any atom is 0.309 e. The van der Waals surface area contributed by atoms with Crippen molar-refractivity contribution in [3.63, 3.8) is 0 Å². The number of benzene rings is 2. The molecule has 2 aliphatic rings. The molecule has 2 heteroatoms. The minimum absolute atomic E-state index is 0.00454. The average Bonchev–Trinajstić information content (AvgIpc) is 3.20. The molecule has 0 heterocycles. The summed E-state index contributed by atoms with van der Waals surface area (Å²) < 4.78 is 6.17. The largest absolute Gasteiger partial charge is 0.464 e. The van der Waals surface area contributed by atoms with Crippen molar-refractivity contribution in [1.82, 2.24) is 0 Å². The molecule has 4 atom stereocenters. The fourth-order valence-corrected chi connectivity index (χ4v) is 6.36. The van der Waals surface area contributed by atoms with E-state index < -0.39 is 0 Å². The third kappa shape index (κ3) is 5.22. The summed E-state index contributed by atoms with van der Waals surface area (Å²) in [7, 11) is 0. The molecular weight excluding hydrogens is 416 g/mol. The summed E-state index contributed by atoms with van der Waals surface area (Å²) in [5.41, 5.74) is 5.10. The Morgan fingerprint density at radius 1 is 0.882 bits per heavy atom. The molecule has 0 N–H and O–H groups in total. The van der Waals surface area contributed by atoms with Gasteiger partial charge >= 0.3 is 5.97 Å². The number of carbonyl (C=O) groups is 1. The van der Waals surface area contributed by atoms with E-state index in [9.17, 15) is 4.79 Å². The second kappa shape index (κ2) is 11.7. The number of esters is 1. The smallest absolute Gasteiger partial charge is 0.309 e. The SMILES string of the molecule is CC=CCC(C)C1CCCCC1C(CC=CC)C(=O)OCC1c2ccccc2-c2ccccc21. The number of carbonyl (C=O) groups excluding carboxylic acids is 1. The molecule has 1 fully saturated rings. The highest BCUT2D eigenvalue weighted by atomic mass is 16.5. The van der Waals surface area contributed by atoms with Gasteiger partial charge in [-0.3, -0.25) is 4.79 Å². The number of rotatable bonds is 9. The second-order valence-corrected chi connectivity index (χ2v) is 10.2. The van der Waals surface area contributed by atoms with Gasteiger partial charge in [-0.2, -0.15) is 0 Å². The number of hydrogen-bond donors (Lipinski definition) is 0. The Kier molecular flexibility index (Phi) is 8.43. The van der Waals surface area contributed by atoms with Gasteiger partial charge in [0, 0.05) is 5.92 Å². The number of hydrogen-bond acceptors (Lipinski definition) is 2. The van der Waals surface area contributed by atoms with Gasteiger partial charge in [0.15, 0.2) is 0 Å². The molecule has 2 aliphatic carbocycles. The normalized spacial score (nSPS) is 22.0. The molecule has 0 spiro atoms. The van der Waals surface area contributed by atoms with E-state index in [2.05, 4.69) is 86.7 Å². The third-order valence-electron chi connectivity index (χ3n) is 8.15. The van der Waals surface area contributed by atoms with Crippen molar-refractivity contribution < 1.29 is 9.53 Å². The lowest BCUT2D eigenvalue weighted by Crippen LogP contribution is -2.36. The van der Waals surface area contributed by atoms with Gasteiger partial charge in [0.05, 0.1) is 5.92 Å². The highest BCUT2D eigenvalue weighted by Crippen LogP contribution is 2.45. The number of fused-ring (bicyclic) bond motifs is 3. The molecule has 2 aromatic rings. The topological polar surface area (TPSA) is 26.3 Å². The van der Waals surface area contributed by atoms with Gasteiger partial charge in [-0.05, 0) is 79.5 Å². The van der Waals surface area contributed by atoms with E-state index in [1.165, 1.54) is 41.5 Å². The quantitative estimate of drug-likeness (QED) is 0.280. The van der Waals surface area contributed by atoms with E-state index in [1.807, 2.05) is 6.92 Å². The standard InChI is InChI=1S/C32H40O2/c1-4-6-14-23(3)24-16-8-9-17-25(24)30(15-7-5-2)32(33)34-22-31-28-20-12-10-18-26(28)27-19-11-13-21-29(27)31/h4-7,10-13,18-21,23-25,30-31H,8-9,14-17,22H2,1-3H3. The first kappa shape index (κ1) is 24.5. The van der Waals surface area contributed by atoms with Crippen LogP contribution < -0.4 is 0 Å². The Labute approximate surface area is 206 Å². The van der Waals surface area contributed by atoms with Gasteiger partial charge in [-0.25, -0.2) is 0 Å². The van der Waals surface area contributed by atoms with Crippen LogP contribution >= 0.6 is 0 Å². The molecular formula is C32H40O2. The van der Waals surface area contributed by atoms with Crippen LogP contribution in [0.3, 0.4) is 0 Å². The van der Waals surface area contributed by atoms with Crippen molar-refractivity contribution in [2.45, 2.75) is 65.2 Å². The Morgan fingerprint density at radius 3 is 2.06 bits per heavy atom. The second-order valence-electron chi connectivity index (χ2n) is 10.2. The zero-order valence-electron chi connectivity index (χ0n) is 21.1. The van der Waals surface area contributed by atoms with Crippen molar-refractivity contribution in [2.75, 3.05) is 6.61 Å². The van der Waals surface area contributed by atoms with Gasteiger partial charge < -0.3 is 4.74 Å². The predicted octanol–water partition coefficient (Wildman–Crippen LogP) is 8.33. The molecule has 4 rings (SSSR count). The fraction of sp³-hybridized carbons (Fsp3) is 0.469. The molecule has 1 saturated carbocycles. The molecule has 4 unspecified atom stereocenters. The van der Waals surface area contributed by atoms with Gasteiger partial charge in [0.25, 0.3) is 0 Å². The van der Waals surface area contributed by atoms with Crippen molar-refractivity contribution in [2.24, 2.45) is 23.7 Å². The maximum atomic E-state index is 13.6. The van der Waals surface area contributed by atoms with Crippen LogP contribution in [0.1, 0.15) is 76.3 Å². The van der Waals surface area contributed by atoms with Gasteiger partial charge in [0.1, 0.15) is 6.61 Å². The zero-order chi connectivity index (χ0) is 23.9. The lowest BCUT2D eigenvalue weighted by atomic mass is 9.66. The molecule has 0 bridgehead atoms. The van der Waals surface area contributed by atoms with Gasteiger partial charge in [-0.15, -0.1) is 0 Å². The molecule has 0 aromatic heterocycles. The van der Waals surface area contributed by atoms with Crippen molar-refractivity contribution >= 4 is 5.97 Å². The first-order chi connectivity index (χ1) is 16.7. The summed E-state index contributed by atoms with van der Waals surface area (Å²) in [6, 6.07) is 17.1. The number of allylic oxidation sites excluding steroid dienone is 4. The minimum Gasteiger partial charge on any atom is -0.464 e. The monoisotopic (exact) mass is 456 g/mol. The number of ether oxygens (including phenoxy) is 1. The van der Waals surface area contributed by atoms with Crippen molar-refractivity contribution in [1.29, 1.82) is 0 Å². The Bertz CT molecular complexity index is 972. The summed E-state index contributed by atoms with van der Waals surface area (Å²) in [5.74, 6) is 1.64. The third-order valence-corrected chi connectivity index (χ3v) is 8.15. The highest BCUT2D eigenvalue weighted by Gasteiger charge is 2.39. The van der Waals surface area contributed by atoms with E-state index in [4.69, 9.17) is 4.74 Å². The van der Waals surface area contributed by atoms with E-state index in [1.54, 1.807) is 0 Å². The lowest BCUT2D eigenvalue weighted by Gasteiger charge is -2.39. The van der Waals surface area contributed by atoms with Crippen LogP contribution in [-0.2, 0) is 9.53 Å². The molecule has 0 radical (unpaired) electrons. The molecule has 2 aromatic carbocycles. The molecule has 0 amide bonds. The van der Waals surface area contributed by atoms with Crippen LogP contribution in [0.4, 0.5) is 0 Å². The van der Waals surface area contributed by atoms with E-state index in [0.29, 0.717) is 24.4 Å². The van der Waals surface area contributed by atoms with E-state index in [-0.39, 0.29) is 17.8 Å². The maximum absolute atomic E-state index is 13.6. The minimum atomic E-state index is -0.0542. The Morgan fingerprint density at radius 2 is 1.44 bits per heavy atom. The first-order valence-corrected chi connectivity index (χ1v) is 13.2. The fourth-order valence-electron chi connectivity index (χ4n) is 6.36. The molecule has 0 saturated heterocycles. The van der Waals surface area contributed by atoms with E-state index in [0.717, 1.165) is 19.3 Å². The predicted molar refractivity (Wildman–Crippen MR) is 142 cm³/mol. The van der Waals surface area contributed by atoms with Gasteiger partial charge in [0.2, 0.25) is 0 Å². The molecule has 2 nitrogen and oxygen atoms in total. The van der Waals surface area contributed by atoms with Crippen LogP contribution in [0.25, 0.3) is 11.1 Å².